The summed E-state index contributed by atoms with van der Waals surface area (Å²) in [6, 6.07) is 17.9. The van der Waals surface area contributed by atoms with Gasteiger partial charge in [0, 0.05) is 43.8 Å². The van der Waals surface area contributed by atoms with Crippen LogP contribution in [-0.2, 0) is 27.2 Å². The summed E-state index contributed by atoms with van der Waals surface area (Å²) in [6.45, 7) is 0.619. The average molecular weight is 393 g/mol. The summed E-state index contributed by atoms with van der Waals surface area (Å²) in [7, 11) is 3.27. The number of hydrogen-bond donors (Lipinski definition) is 2. The summed E-state index contributed by atoms with van der Waals surface area (Å²) in [6.07, 6.45) is 0.788. The fourth-order valence-electron chi connectivity index (χ4n) is 4.42. The number of ether oxygens (including phenoxy) is 2. The monoisotopic (exact) mass is 393 g/mol. The molecule has 4 rings (SSSR count). The molecule has 29 heavy (non-hydrogen) atoms. The molecular formula is C23H27N3O3. The fraction of sp³-hybridized carbons (Fsp3) is 0.348. The number of nitrogens with one attached hydrogen (secondary N) is 1. The maximum absolute atomic E-state index is 12.5. The molecule has 0 radical (unpaired) electrons. The Morgan fingerprint density at radius 1 is 1.14 bits per heavy atom. The van der Waals surface area contributed by atoms with E-state index in [-0.39, 0.29) is 18.2 Å². The van der Waals surface area contributed by atoms with Crippen LogP contribution in [0.3, 0.4) is 0 Å². The Balaban J connectivity index is 1.82. The van der Waals surface area contributed by atoms with Crippen LogP contribution in [0.15, 0.2) is 54.6 Å². The molecule has 1 aliphatic rings. The summed E-state index contributed by atoms with van der Waals surface area (Å²) < 4.78 is 11.0. The zero-order valence-electron chi connectivity index (χ0n) is 16.8. The smallest absolute Gasteiger partial charge is 0.235 e. The van der Waals surface area contributed by atoms with Gasteiger partial charge in [-0.2, -0.15) is 0 Å². The number of aromatic nitrogens is 1. The maximum atomic E-state index is 12.5. The van der Waals surface area contributed by atoms with Crippen LogP contribution >= 0.6 is 0 Å². The molecule has 1 aliphatic heterocycles. The minimum Gasteiger partial charge on any atom is -0.368 e. The lowest BCUT2D eigenvalue weighted by atomic mass is 9.89. The van der Waals surface area contributed by atoms with Gasteiger partial charge in [-0.1, -0.05) is 48.5 Å². The van der Waals surface area contributed by atoms with Gasteiger partial charge in [0.05, 0.1) is 12.1 Å². The number of methoxy groups -OCH3 is 2. The van der Waals surface area contributed by atoms with Crippen LogP contribution in [-0.4, -0.2) is 42.3 Å². The molecule has 0 unspecified atom stereocenters. The van der Waals surface area contributed by atoms with Crippen LogP contribution in [0.25, 0.3) is 10.9 Å². The SMILES string of the molecule is COC(C[C@H]1c2[nH]c3ccccc3c2C[C@@H](C(N)=O)N1Cc1ccccc1)OC. The number of aromatic amines is 1. The Kier molecular flexibility index (Phi) is 5.67. The molecule has 0 spiro atoms. The molecular weight excluding hydrogens is 366 g/mol. The molecule has 6 heteroatoms. The highest BCUT2D eigenvalue weighted by atomic mass is 16.7. The Hall–Kier alpha value is -2.67. The number of nitrogens with zero attached hydrogens (tertiary/aromatic N) is 1. The number of carbonyl (C=O) groups is 1. The van der Waals surface area contributed by atoms with Gasteiger partial charge in [-0.25, -0.2) is 0 Å². The Morgan fingerprint density at radius 3 is 2.52 bits per heavy atom. The number of rotatable bonds is 7. The van der Waals surface area contributed by atoms with E-state index in [1.165, 1.54) is 0 Å². The van der Waals surface area contributed by atoms with Crippen LogP contribution in [0.1, 0.15) is 29.3 Å². The lowest BCUT2D eigenvalue weighted by Crippen LogP contribution is -2.51. The number of H-pyrrole nitrogens is 1. The molecule has 1 aromatic heterocycles. The van der Waals surface area contributed by atoms with Crippen molar-refractivity contribution in [2.75, 3.05) is 14.2 Å². The summed E-state index contributed by atoms with van der Waals surface area (Å²) >= 11 is 0. The molecule has 0 aliphatic carbocycles. The highest BCUT2D eigenvalue weighted by Crippen LogP contribution is 2.40. The van der Waals surface area contributed by atoms with E-state index in [4.69, 9.17) is 15.2 Å². The molecule has 0 saturated heterocycles. The first-order valence-corrected chi connectivity index (χ1v) is 9.86. The second-order valence-electron chi connectivity index (χ2n) is 7.50. The number of primary amides is 1. The summed E-state index contributed by atoms with van der Waals surface area (Å²) in [4.78, 5) is 18.3. The van der Waals surface area contributed by atoms with E-state index >= 15 is 0 Å². The van der Waals surface area contributed by atoms with Gasteiger partial charge in [-0.3, -0.25) is 9.69 Å². The van der Waals surface area contributed by atoms with Crippen molar-refractivity contribution in [2.24, 2.45) is 5.73 Å². The number of fused-ring (bicyclic) bond motifs is 3. The largest absolute Gasteiger partial charge is 0.368 e. The topological polar surface area (TPSA) is 80.6 Å². The molecule has 1 amide bonds. The minimum atomic E-state index is -0.402. The van der Waals surface area contributed by atoms with Gasteiger partial charge < -0.3 is 20.2 Å². The van der Waals surface area contributed by atoms with E-state index in [1.807, 2.05) is 30.3 Å². The predicted octanol–water partition coefficient (Wildman–Crippen LogP) is 3.13. The van der Waals surface area contributed by atoms with Gasteiger partial charge in [0.1, 0.15) is 0 Å². The van der Waals surface area contributed by atoms with Crippen LogP contribution in [0.5, 0.6) is 0 Å². The number of nitrogens with two attached hydrogens (primary N) is 1. The lowest BCUT2D eigenvalue weighted by Gasteiger charge is -2.41. The molecule has 152 valence electrons. The third kappa shape index (κ3) is 3.79. The van der Waals surface area contributed by atoms with Gasteiger partial charge in [0.2, 0.25) is 5.91 Å². The fourth-order valence-corrected chi connectivity index (χ4v) is 4.42. The van der Waals surface area contributed by atoms with Gasteiger partial charge in [0.15, 0.2) is 6.29 Å². The normalized spacial score (nSPS) is 19.6. The van der Waals surface area contributed by atoms with Gasteiger partial charge in [0.25, 0.3) is 0 Å². The molecule has 0 fully saturated rings. The third-order valence-electron chi connectivity index (χ3n) is 5.86. The second kappa shape index (κ2) is 8.37. The Morgan fingerprint density at radius 2 is 1.83 bits per heavy atom. The van der Waals surface area contributed by atoms with Gasteiger partial charge >= 0.3 is 0 Å². The second-order valence-corrected chi connectivity index (χ2v) is 7.50. The van der Waals surface area contributed by atoms with Crippen LogP contribution in [0.4, 0.5) is 0 Å². The first-order valence-electron chi connectivity index (χ1n) is 9.86. The van der Waals surface area contributed by atoms with Crippen LogP contribution in [0.2, 0.25) is 0 Å². The number of amides is 1. The molecule has 2 heterocycles. The first-order chi connectivity index (χ1) is 14.1. The molecule has 0 bridgehead atoms. The quantitative estimate of drug-likeness (QED) is 0.605. The standard InChI is InChI=1S/C23H27N3O3/c1-28-21(29-2)13-19-22-17(16-10-6-7-11-18(16)25-22)12-20(23(24)27)26(19)14-15-8-4-3-5-9-15/h3-11,19-21,25H,12-14H2,1-2H3,(H2,24,27)/t19-,20-/m0/s1. The molecule has 3 aromatic rings. The minimum absolute atomic E-state index is 0.0891. The van der Waals surface area contributed by atoms with Crippen LogP contribution in [0, 0.1) is 0 Å². The van der Waals surface area contributed by atoms with Crippen molar-refractivity contribution in [3.63, 3.8) is 0 Å². The maximum Gasteiger partial charge on any atom is 0.235 e. The Labute approximate surface area is 170 Å². The number of carbonyl (C=O) groups excluding carboxylic acids is 1. The van der Waals surface area contributed by atoms with Gasteiger partial charge in [-0.15, -0.1) is 0 Å². The first kappa shape index (κ1) is 19.6. The van der Waals surface area contributed by atoms with Gasteiger partial charge in [-0.05, 0) is 23.6 Å². The third-order valence-corrected chi connectivity index (χ3v) is 5.86. The summed E-state index contributed by atoms with van der Waals surface area (Å²) in [5.74, 6) is -0.312. The van der Waals surface area contributed by atoms with E-state index in [2.05, 4.69) is 34.1 Å². The van der Waals surface area contributed by atoms with Crippen molar-refractivity contribution >= 4 is 16.8 Å². The van der Waals surface area contributed by atoms with E-state index in [0.29, 0.717) is 19.4 Å². The van der Waals surface area contributed by atoms with Crippen molar-refractivity contribution in [2.45, 2.75) is 37.8 Å². The number of hydrogen-bond acceptors (Lipinski definition) is 4. The average Bonchev–Trinajstić information content (AvgIpc) is 3.11. The molecule has 2 aromatic carbocycles. The lowest BCUT2D eigenvalue weighted by molar-refractivity contribution is -0.133. The molecule has 0 saturated carbocycles. The van der Waals surface area contributed by atoms with E-state index < -0.39 is 6.04 Å². The Bertz CT molecular complexity index is 981. The predicted molar refractivity (Wildman–Crippen MR) is 112 cm³/mol. The zero-order valence-corrected chi connectivity index (χ0v) is 16.8. The number of benzene rings is 2. The van der Waals surface area contributed by atoms with Crippen LogP contribution < -0.4 is 5.73 Å². The van der Waals surface area contributed by atoms with E-state index in [9.17, 15) is 4.79 Å². The van der Waals surface area contributed by atoms with E-state index in [1.54, 1.807) is 14.2 Å². The molecule has 2 atom stereocenters. The zero-order chi connectivity index (χ0) is 20.4. The highest BCUT2D eigenvalue weighted by Gasteiger charge is 2.40. The van der Waals surface area contributed by atoms with Crippen molar-refractivity contribution in [3.8, 4) is 0 Å². The van der Waals surface area contributed by atoms with Crippen molar-refractivity contribution in [3.05, 3.63) is 71.4 Å². The van der Waals surface area contributed by atoms with Crippen molar-refractivity contribution in [1.29, 1.82) is 0 Å². The van der Waals surface area contributed by atoms with Crippen molar-refractivity contribution in [1.82, 2.24) is 9.88 Å². The highest BCUT2D eigenvalue weighted by molar-refractivity contribution is 5.87. The summed E-state index contributed by atoms with van der Waals surface area (Å²) in [5.41, 5.74) is 10.4. The van der Waals surface area contributed by atoms with Crippen molar-refractivity contribution < 1.29 is 14.3 Å². The summed E-state index contributed by atoms with van der Waals surface area (Å²) in [5, 5.41) is 1.14. The number of para-hydroxylation sites is 1. The molecule has 3 N–H and O–H groups in total. The van der Waals surface area contributed by atoms with E-state index in [0.717, 1.165) is 27.7 Å². The molecule has 6 nitrogen and oxygen atoms in total.